The second-order valence-corrected chi connectivity index (χ2v) is 5.21. The Labute approximate surface area is 126 Å². The highest BCUT2D eigenvalue weighted by Crippen LogP contribution is 2.35. The maximum absolute atomic E-state index is 11.3. The molecule has 0 aliphatic heterocycles. The first kappa shape index (κ1) is 15.5. The molecule has 21 heavy (non-hydrogen) atoms. The molecule has 2 N–H and O–H groups in total. The highest BCUT2D eigenvalue weighted by Gasteiger charge is 2.31. The Morgan fingerprint density at radius 1 is 1.57 bits per heavy atom. The fraction of sp³-hybridized carbons (Fsp3) is 0.462. The fourth-order valence-corrected chi connectivity index (χ4v) is 2.54. The average molecular weight is 315 g/mol. The van der Waals surface area contributed by atoms with E-state index in [0.717, 1.165) is 25.0 Å². The summed E-state index contributed by atoms with van der Waals surface area (Å²) in [6, 6.07) is 2.21. The summed E-state index contributed by atoms with van der Waals surface area (Å²) >= 11 is 5.98. The van der Waals surface area contributed by atoms with Crippen molar-refractivity contribution in [1.29, 1.82) is 0 Å². The number of hydrogen-bond acceptors (Lipinski definition) is 5. The Hall–Kier alpha value is -1.86. The van der Waals surface area contributed by atoms with Gasteiger partial charge in [-0.15, -0.1) is 0 Å². The number of carboxylic acids is 1. The SMILES string of the molecule is CCOC1CC(Nc2c(Cl)cc([N+](=O)[O-])cc2C(=O)O)C1. The molecule has 0 radical (unpaired) electrons. The van der Waals surface area contributed by atoms with E-state index in [0.29, 0.717) is 6.61 Å². The van der Waals surface area contributed by atoms with Crippen molar-refractivity contribution in [3.63, 3.8) is 0 Å². The van der Waals surface area contributed by atoms with Gasteiger partial charge < -0.3 is 15.2 Å². The second-order valence-electron chi connectivity index (χ2n) is 4.80. The number of carboxylic acid groups (broad SMARTS) is 1. The van der Waals surface area contributed by atoms with E-state index in [1.54, 1.807) is 0 Å². The van der Waals surface area contributed by atoms with Crippen LogP contribution < -0.4 is 5.32 Å². The molecule has 0 saturated heterocycles. The molecule has 0 aromatic heterocycles. The molecule has 1 aliphatic rings. The first-order valence-corrected chi connectivity index (χ1v) is 6.89. The molecule has 0 atom stereocenters. The Kier molecular flexibility index (Phi) is 4.64. The van der Waals surface area contributed by atoms with Crippen LogP contribution in [0, 0.1) is 10.1 Å². The molecule has 114 valence electrons. The van der Waals surface area contributed by atoms with Gasteiger partial charge in [0.15, 0.2) is 0 Å². The number of anilines is 1. The number of halogens is 1. The number of benzene rings is 1. The van der Waals surface area contributed by atoms with Crippen LogP contribution >= 0.6 is 11.6 Å². The lowest BCUT2D eigenvalue weighted by atomic mass is 9.88. The van der Waals surface area contributed by atoms with Gasteiger partial charge in [0.2, 0.25) is 0 Å². The molecule has 8 heteroatoms. The maximum Gasteiger partial charge on any atom is 0.338 e. The Morgan fingerprint density at radius 2 is 2.24 bits per heavy atom. The minimum absolute atomic E-state index is 0.0291. The molecule has 0 heterocycles. The van der Waals surface area contributed by atoms with Crippen molar-refractivity contribution in [2.24, 2.45) is 0 Å². The van der Waals surface area contributed by atoms with Crippen LogP contribution in [-0.2, 0) is 4.74 Å². The van der Waals surface area contributed by atoms with Crippen LogP contribution in [-0.4, -0.2) is 34.8 Å². The van der Waals surface area contributed by atoms with Gasteiger partial charge in [0, 0.05) is 24.8 Å². The Morgan fingerprint density at radius 3 is 2.76 bits per heavy atom. The van der Waals surface area contributed by atoms with E-state index in [-0.39, 0.29) is 34.1 Å². The van der Waals surface area contributed by atoms with Crippen LogP contribution in [0.2, 0.25) is 5.02 Å². The predicted molar refractivity (Wildman–Crippen MR) is 77.1 cm³/mol. The quantitative estimate of drug-likeness (QED) is 0.618. The molecule has 7 nitrogen and oxygen atoms in total. The molecule has 1 aromatic carbocycles. The van der Waals surface area contributed by atoms with Gasteiger partial charge in [-0.3, -0.25) is 10.1 Å². The number of nitro groups is 1. The van der Waals surface area contributed by atoms with Crippen LogP contribution in [0.1, 0.15) is 30.1 Å². The number of hydrogen-bond donors (Lipinski definition) is 2. The van der Waals surface area contributed by atoms with Crippen LogP contribution in [0.4, 0.5) is 11.4 Å². The van der Waals surface area contributed by atoms with Crippen LogP contribution in [0.15, 0.2) is 12.1 Å². The number of rotatable bonds is 6. The highest BCUT2D eigenvalue weighted by molar-refractivity contribution is 6.34. The van der Waals surface area contributed by atoms with Crippen molar-refractivity contribution in [1.82, 2.24) is 0 Å². The summed E-state index contributed by atoms with van der Waals surface area (Å²) in [5.74, 6) is -1.26. The molecule has 1 aliphatic carbocycles. The first-order valence-electron chi connectivity index (χ1n) is 6.51. The zero-order chi connectivity index (χ0) is 15.6. The average Bonchev–Trinajstić information content (AvgIpc) is 2.37. The number of ether oxygens (including phenoxy) is 1. The molecule has 0 unspecified atom stereocenters. The van der Waals surface area contributed by atoms with Crippen molar-refractivity contribution < 1.29 is 19.6 Å². The van der Waals surface area contributed by atoms with Crippen LogP contribution in [0.3, 0.4) is 0 Å². The number of nitrogens with one attached hydrogen (secondary N) is 1. The van der Waals surface area contributed by atoms with E-state index in [9.17, 15) is 20.0 Å². The lowest BCUT2D eigenvalue weighted by Gasteiger charge is -2.36. The molecular weight excluding hydrogens is 300 g/mol. The molecule has 1 fully saturated rings. The van der Waals surface area contributed by atoms with E-state index >= 15 is 0 Å². The highest BCUT2D eigenvalue weighted by atomic mass is 35.5. The van der Waals surface area contributed by atoms with Gasteiger partial charge in [-0.2, -0.15) is 0 Å². The van der Waals surface area contributed by atoms with Gasteiger partial charge in [-0.1, -0.05) is 11.6 Å². The number of non-ortho nitro benzene ring substituents is 1. The van der Waals surface area contributed by atoms with Gasteiger partial charge in [0.1, 0.15) is 0 Å². The summed E-state index contributed by atoms with van der Waals surface area (Å²) < 4.78 is 5.43. The molecule has 1 aromatic rings. The summed E-state index contributed by atoms with van der Waals surface area (Å²) in [5.41, 5.74) is -0.326. The molecule has 0 bridgehead atoms. The van der Waals surface area contributed by atoms with Crippen LogP contribution in [0.5, 0.6) is 0 Å². The third kappa shape index (κ3) is 3.43. The fourth-order valence-electron chi connectivity index (χ4n) is 2.27. The minimum Gasteiger partial charge on any atom is -0.478 e. The van der Waals surface area contributed by atoms with Crippen molar-refractivity contribution in [3.8, 4) is 0 Å². The normalized spacial score (nSPS) is 20.7. The zero-order valence-corrected chi connectivity index (χ0v) is 12.1. The number of nitro benzene ring substituents is 1. The molecule has 1 saturated carbocycles. The third-order valence-corrected chi connectivity index (χ3v) is 3.66. The summed E-state index contributed by atoms with van der Waals surface area (Å²) in [7, 11) is 0. The largest absolute Gasteiger partial charge is 0.478 e. The smallest absolute Gasteiger partial charge is 0.338 e. The van der Waals surface area contributed by atoms with Crippen molar-refractivity contribution in [3.05, 3.63) is 32.8 Å². The van der Waals surface area contributed by atoms with Gasteiger partial charge in [0.25, 0.3) is 5.69 Å². The van der Waals surface area contributed by atoms with E-state index in [1.165, 1.54) is 0 Å². The third-order valence-electron chi connectivity index (χ3n) is 3.36. The molecular formula is C13H15ClN2O5. The lowest BCUT2D eigenvalue weighted by Crippen LogP contribution is -2.41. The van der Waals surface area contributed by atoms with Gasteiger partial charge in [0.05, 0.1) is 27.3 Å². The van der Waals surface area contributed by atoms with E-state index in [2.05, 4.69) is 5.32 Å². The van der Waals surface area contributed by atoms with E-state index in [1.807, 2.05) is 6.92 Å². The van der Waals surface area contributed by atoms with Crippen molar-refractivity contribution in [2.75, 3.05) is 11.9 Å². The summed E-state index contributed by atoms with van der Waals surface area (Å²) in [4.78, 5) is 21.3. The first-order chi connectivity index (χ1) is 9.92. The van der Waals surface area contributed by atoms with Crippen molar-refractivity contribution >= 4 is 28.9 Å². The molecule has 0 amide bonds. The van der Waals surface area contributed by atoms with Gasteiger partial charge in [-0.05, 0) is 19.8 Å². The molecule has 2 rings (SSSR count). The van der Waals surface area contributed by atoms with Crippen molar-refractivity contribution in [2.45, 2.75) is 31.9 Å². The Balaban J connectivity index is 2.19. The van der Waals surface area contributed by atoms with E-state index < -0.39 is 10.9 Å². The lowest BCUT2D eigenvalue weighted by molar-refractivity contribution is -0.384. The maximum atomic E-state index is 11.3. The summed E-state index contributed by atoms with van der Waals surface area (Å²) in [6.45, 7) is 2.55. The summed E-state index contributed by atoms with van der Waals surface area (Å²) in [5, 5.41) is 23.0. The topological polar surface area (TPSA) is 102 Å². The number of carbonyl (C=O) groups is 1. The van der Waals surface area contributed by atoms with E-state index in [4.69, 9.17) is 16.3 Å². The van der Waals surface area contributed by atoms with Crippen LogP contribution in [0.25, 0.3) is 0 Å². The van der Waals surface area contributed by atoms with Gasteiger partial charge >= 0.3 is 5.97 Å². The zero-order valence-electron chi connectivity index (χ0n) is 11.3. The standard InChI is InChI=1S/C13H15ClN2O5/c1-2-21-9-3-7(4-9)15-12-10(13(17)18)5-8(16(19)20)6-11(12)14/h5-7,9,15H,2-4H2,1H3,(H,17,18). The molecule has 0 spiro atoms. The number of nitrogens with zero attached hydrogens (tertiary/aromatic N) is 1. The number of aromatic carboxylic acids is 1. The Bertz CT molecular complexity index is 572. The monoisotopic (exact) mass is 314 g/mol. The minimum atomic E-state index is -1.26. The predicted octanol–water partition coefficient (Wildman–Crippen LogP) is 2.93. The van der Waals surface area contributed by atoms with Gasteiger partial charge in [-0.25, -0.2) is 4.79 Å². The second kappa shape index (κ2) is 6.28. The summed E-state index contributed by atoms with van der Waals surface area (Å²) in [6.07, 6.45) is 1.66.